The van der Waals surface area contributed by atoms with Crippen LogP contribution in [0.4, 0.5) is 0 Å². The van der Waals surface area contributed by atoms with Crippen LogP contribution < -0.4 is 5.32 Å². The van der Waals surface area contributed by atoms with Gasteiger partial charge in [0.15, 0.2) is 0 Å². The molecule has 3 nitrogen and oxygen atoms in total. The molecule has 1 aliphatic carbocycles. The number of benzene rings is 1. The van der Waals surface area contributed by atoms with E-state index in [0.717, 1.165) is 12.0 Å². The highest BCUT2D eigenvalue weighted by Gasteiger charge is 2.32. The first-order valence-corrected chi connectivity index (χ1v) is 7.94. The van der Waals surface area contributed by atoms with Crippen LogP contribution in [-0.2, 0) is 0 Å². The van der Waals surface area contributed by atoms with Crippen LogP contribution >= 0.6 is 0 Å². The molecule has 1 aromatic carbocycles. The third kappa shape index (κ3) is 3.04. The standard InChI is InChI=1S/C17H24N2O/c20-17(14-8-2-1-3-9-14)18-15-10-4-5-11-16(15)19-12-6-7-13-19/h1-3,8-9,15-16H,4-7,10-13H2,(H,18,20)/t15-,16+/m1/s1. The molecule has 2 atom stereocenters. The zero-order valence-corrected chi connectivity index (χ0v) is 12.1. The second-order valence-corrected chi connectivity index (χ2v) is 6.04. The van der Waals surface area contributed by atoms with Crippen molar-refractivity contribution in [2.24, 2.45) is 0 Å². The van der Waals surface area contributed by atoms with E-state index in [1.165, 1.54) is 45.2 Å². The highest BCUT2D eigenvalue weighted by Crippen LogP contribution is 2.26. The minimum atomic E-state index is 0.0849. The van der Waals surface area contributed by atoms with Crippen molar-refractivity contribution in [2.75, 3.05) is 13.1 Å². The van der Waals surface area contributed by atoms with Crippen molar-refractivity contribution in [3.8, 4) is 0 Å². The number of carbonyl (C=O) groups is 1. The van der Waals surface area contributed by atoms with Gasteiger partial charge in [0.2, 0.25) is 0 Å². The molecular formula is C17H24N2O. The SMILES string of the molecule is O=C(N[C@@H]1CCCC[C@@H]1N1CCCC1)c1ccccc1. The van der Waals surface area contributed by atoms with Gasteiger partial charge in [0.05, 0.1) is 0 Å². The predicted molar refractivity (Wildman–Crippen MR) is 80.8 cm³/mol. The molecular weight excluding hydrogens is 248 g/mol. The highest BCUT2D eigenvalue weighted by atomic mass is 16.1. The molecule has 1 saturated carbocycles. The van der Waals surface area contributed by atoms with Gasteiger partial charge in [-0.3, -0.25) is 9.69 Å². The van der Waals surface area contributed by atoms with Gasteiger partial charge >= 0.3 is 0 Å². The molecule has 1 heterocycles. The maximum atomic E-state index is 12.3. The summed E-state index contributed by atoms with van der Waals surface area (Å²) in [5.74, 6) is 0.0849. The molecule has 1 aromatic rings. The van der Waals surface area contributed by atoms with Gasteiger partial charge in [0.1, 0.15) is 0 Å². The second-order valence-electron chi connectivity index (χ2n) is 6.04. The van der Waals surface area contributed by atoms with E-state index in [0.29, 0.717) is 12.1 Å². The maximum absolute atomic E-state index is 12.3. The summed E-state index contributed by atoms with van der Waals surface area (Å²) in [6.07, 6.45) is 7.54. The highest BCUT2D eigenvalue weighted by molar-refractivity contribution is 5.94. The van der Waals surface area contributed by atoms with Crippen LogP contribution in [0, 0.1) is 0 Å². The van der Waals surface area contributed by atoms with E-state index in [1.54, 1.807) is 0 Å². The van der Waals surface area contributed by atoms with Gasteiger partial charge in [-0.2, -0.15) is 0 Å². The van der Waals surface area contributed by atoms with Crippen LogP contribution in [-0.4, -0.2) is 36.0 Å². The first-order chi connectivity index (χ1) is 9.84. The summed E-state index contributed by atoms with van der Waals surface area (Å²) < 4.78 is 0. The molecule has 0 radical (unpaired) electrons. The average Bonchev–Trinajstić information content (AvgIpc) is 3.03. The lowest BCUT2D eigenvalue weighted by Gasteiger charge is -2.38. The Hall–Kier alpha value is -1.35. The van der Waals surface area contributed by atoms with Crippen molar-refractivity contribution in [2.45, 2.75) is 50.6 Å². The summed E-state index contributed by atoms with van der Waals surface area (Å²) >= 11 is 0. The van der Waals surface area contributed by atoms with Gasteiger partial charge in [0, 0.05) is 17.6 Å². The minimum absolute atomic E-state index is 0.0849. The van der Waals surface area contributed by atoms with Gasteiger partial charge in [-0.15, -0.1) is 0 Å². The molecule has 20 heavy (non-hydrogen) atoms. The molecule has 1 saturated heterocycles. The number of rotatable bonds is 3. The zero-order valence-electron chi connectivity index (χ0n) is 12.1. The summed E-state index contributed by atoms with van der Waals surface area (Å²) in [7, 11) is 0. The maximum Gasteiger partial charge on any atom is 0.251 e. The third-order valence-corrected chi connectivity index (χ3v) is 4.69. The summed E-state index contributed by atoms with van der Waals surface area (Å²) in [5, 5.41) is 3.28. The average molecular weight is 272 g/mol. The van der Waals surface area contributed by atoms with Crippen LogP contribution in [0.25, 0.3) is 0 Å². The summed E-state index contributed by atoms with van der Waals surface area (Å²) in [4.78, 5) is 14.9. The minimum Gasteiger partial charge on any atom is -0.348 e. The lowest BCUT2D eigenvalue weighted by atomic mass is 9.89. The molecule has 1 N–H and O–H groups in total. The Labute approximate surface area is 121 Å². The van der Waals surface area contributed by atoms with E-state index in [-0.39, 0.29) is 5.91 Å². The lowest BCUT2D eigenvalue weighted by Crippen LogP contribution is -2.52. The second kappa shape index (κ2) is 6.40. The van der Waals surface area contributed by atoms with Crippen LogP contribution in [0.5, 0.6) is 0 Å². The Morgan fingerprint density at radius 2 is 1.70 bits per heavy atom. The molecule has 0 unspecified atom stereocenters. The van der Waals surface area contributed by atoms with Crippen LogP contribution in [0.15, 0.2) is 30.3 Å². The van der Waals surface area contributed by atoms with E-state index >= 15 is 0 Å². The largest absolute Gasteiger partial charge is 0.348 e. The molecule has 2 aliphatic rings. The Morgan fingerprint density at radius 1 is 1.00 bits per heavy atom. The van der Waals surface area contributed by atoms with Gasteiger partial charge in [-0.05, 0) is 50.9 Å². The first-order valence-electron chi connectivity index (χ1n) is 7.94. The number of nitrogens with zero attached hydrogens (tertiary/aromatic N) is 1. The van der Waals surface area contributed by atoms with Gasteiger partial charge in [0.25, 0.3) is 5.91 Å². The van der Waals surface area contributed by atoms with E-state index in [9.17, 15) is 4.79 Å². The van der Waals surface area contributed by atoms with E-state index in [4.69, 9.17) is 0 Å². The fourth-order valence-corrected chi connectivity index (χ4v) is 3.63. The van der Waals surface area contributed by atoms with Crippen molar-refractivity contribution < 1.29 is 4.79 Å². The van der Waals surface area contributed by atoms with Crippen LogP contribution in [0.1, 0.15) is 48.9 Å². The van der Waals surface area contributed by atoms with Gasteiger partial charge in [-0.25, -0.2) is 0 Å². The normalized spacial score (nSPS) is 27.4. The van der Waals surface area contributed by atoms with Crippen molar-refractivity contribution in [1.82, 2.24) is 10.2 Å². The fourth-order valence-electron chi connectivity index (χ4n) is 3.63. The predicted octanol–water partition coefficient (Wildman–Crippen LogP) is 2.82. The molecule has 2 fully saturated rings. The summed E-state index contributed by atoms with van der Waals surface area (Å²) in [6.45, 7) is 2.42. The van der Waals surface area contributed by atoms with Crippen LogP contribution in [0.3, 0.4) is 0 Å². The van der Waals surface area contributed by atoms with E-state index in [2.05, 4.69) is 10.2 Å². The molecule has 1 aliphatic heterocycles. The van der Waals surface area contributed by atoms with Crippen molar-refractivity contribution in [3.05, 3.63) is 35.9 Å². The topological polar surface area (TPSA) is 32.3 Å². The van der Waals surface area contributed by atoms with Gasteiger partial charge < -0.3 is 5.32 Å². The Bertz CT molecular complexity index is 440. The number of likely N-dealkylation sites (tertiary alicyclic amines) is 1. The smallest absolute Gasteiger partial charge is 0.251 e. The monoisotopic (exact) mass is 272 g/mol. The number of carbonyl (C=O) groups excluding carboxylic acids is 1. The molecule has 0 aromatic heterocycles. The Morgan fingerprint density at radius 3 is 2.45 bits per heavy atom. The summed E-state index contributed by atoms with van der Waals surface area (Å²) in [5.41, 5.74) is 0.776. The molecule has 0 bridgehead atoms. The molecule has 3 heteroatoms. The number of amides is 1. The molecule has 3 rings (SSSR count). The number of hydrogen-bond donors (Lipinski definition) is 1. The fraction of sp³-hybridized carbons (Fsp3) is 0.588. The van der Waals surface area contributed by atoms with E-state index < -0.39 is 0 Å². The zero-order chi connectivity index (χ0) is 13.8. The lowest BCUT2D eigenvalue weighted by molar-refractivity contribution is 0.0862. The van der Waals surface area contributed by atoms with Gasteiger partial charge in [-0.1, -0.05) is 31.0 Å². The molecule has 108 valence electrons. The molecule has 0 spiro atoms. The summed E-state index contributed by atoms with van der Waals surface area (Å²) in [6, 6.07) is 10.5. The Balaban J connectivity index is 1.66. The van der Waals surface area contributed by atoms with Crippen molar-refractivity contribution in [3.63, 3.8) is 0 Å². The quantitative estimate of drug-likeness (QED) is 0.917. The van der Waals surface area contributed by atoms with Crippen molar-refractivity contribution in [1.29, 1.82) is 0 Å². The molecule has 1 amide bonds. The number of nitrogens with one attached hydrogen (secondary N) is 1. The Kier molecular flexibility index (Phi) is 4.36. The van der Waals surface area contributed by atoms with E-state index in [1.807, 2.05) is 30.3 Å². The first kappa shape index (κ1) is 13.6. The van der Waals surface area contributed by atoms with Crippen molar-refractivity contribution >= 4 is 5.91 Å². The number of hydrogen-bond acceptors (Lipinski definition) is 2. The van der Waals surface area contributed by atoms with Crippen LogP contribution in [0.2, 0.25) is 0 Å². The third-order valence-electron chi connectivity index (χ3n) is 4.69.